The Kier molecular flexibility index (Phi) is 4.05. The fourth-order valence-corrected chi connectivity index (χ4v) is 2.86. The normalized spacial score (nSPS) is 10.9. The lowest BCUT2D eigenvalue weighted by Crippen LogP contribution is -2.01. The summed E-state index contributed by atoms with van der Waals surface area (Å²) in [6, 6.07) is 12.3. The topological polar surface area (TPSA) is 37.8 Å². The summed E-state index contributed by atoms with van der Waals surface area (Å²) < 4.78 is 0. The molecule has 0 saturated carbocycles. The average molecular weight is 291 g/mol. The number of benzene rings is 2. The van der Waals surface area contributed by atoms with E-state index in [2.05, 4.69) is 42.1 Å². The van der Waals surface area contributed by atoms with Crippen LogP contribution in [0.25, 0.3) is 10.9 Å². The van der Waals surface area contributed by atoms with Crippen molar-refractivity contribution in [3.8, 4) is 0 Å². The Balaban J connectivity index is 2.14. The van der Waals surface area contributed by atoms with Crippen molar-refractivity contribution in [3.63, 3.8) is 0 Å². The largest absolute Gasteiger partial charge is 0.340 e. The molecule has 2 aromatic carbocycles. The number of hydrogen-bond acceptors (Lipinski definition) is 3. The van der Waals surface area contributed by atoms with E-state index < -0.39 is 0 Å². The lowest BCUT2D eigenvalue weighted by Gasteiger charge is -2.15. The van der Waals surface area contributed by atoms with Gasteiger partial charge in [-0.1, -0.05) is 31.5 Å². The van der Waals surface area contributed by atoms with Crippen LogP contribution in [0.5, 0.6) is 0 Å². The van der Waals surface area contributed by atoms with Crippen molar-refractivity contribution in [3.05, 3.63) is 59.4 Å². The Bertz CT molecular complexity index is 795. The Morgan fingerprint density at radius 2 is 1.77 bits per heavy atom. The molecule has 3 rings (SSSR count). The van der Waals surface area contributed by atoms with E-state index in [0.717, 1.165) is 35.2 Å². The highest BCUT2D eigenvalue weighted by Gasteiger charge is 2.12. The summed E-state index contributed by atoms with van der Waals surface area (Å²) in [5, 5.41) is 4.53. The molecule has 3 nitrogen and oxygen atoms in total. The van der Waals surface area contributed by atoms with Crippen LogP contribution in [0.2, 0.25) is 0 Å². The zero-order valence-electron chi connectivity index (χ0n) is 13.4. The first-order valence-corrected chi connectivity index (χ1v) is 7.76. The maximum absolute atomic E-state index is 4.48. The minimum Gasteiger partial charge on any atom is -0.340 e. The lowest BCUT2D eigenvalue weighted by molar-refractivity contribution is 0.911. The predicted molar refractivity (Wildman–Crippen MR) is 92.7 cm³/mol. The van der Waals surface area contributed by atoms with Crippen LogP contribution in [0.3, 0.4) is 0 Å². The number of fused-ring (bicyclic) bond motifs is 1. The summed E-state index contributed by atoms with van der Waals surface area (Å²) in [5.74, 6) is 0.875. The van der Waals surface area contributed by atoms with E-state index in [1.54, 1.807) is 6.33 Å². The van der Waals surface area contributed by atoms with Gasteiger partial charge in [0.15, 0.2) is 0 Å². The lowest BCUT2D eigenvalue weighted by atomic mass is 9.96. The molecule has 0 aliphatic heterocycles. The van der Waals surface area contributed by atoms with Crippen molar-refractivity contribution >= 4 is 22.4 Å². The molecular formula is C19H21N3. The molecule has 1 aromatic heterocycles. The van der Waals surface area contributed by atoms with Crippen LogP contribution < -0.4 is 5.32 Å². The van der Waals surface area contributed by atoms with Gasteiger partial charge in [-0.3, -0.25) is 0 Å². The van der Waals surface area contributed by atoms with Crippen molar-refractivity contribution in [2.24, 2.45) is 0 Å². The second-order valence-corrected chi connectivity index (χ2v) is 5.64. The smallest absolute Gasteiger partial charge is 0.141 e. The molecule has 112 valence electrons. The summed E-state index contributed by atoms with van der Waals surface area (Å²) >= 11 is 0. The molecule has 3 aromatic rings. The third kappa shape index (κ3) is 2.67. The highest BCUT2D eigenvalue weighted by atomic mass is 15.0. The molecule has 0 aliphatic carbocycles. The maximum Gasteiger partial charge on any atom is 0.141 e. The molecule has 3 heteroatoms. The molecule has 0 saturated heterocycles. The van der Waals surface area contributed by atoms with Gasteiger partial charge in [-0.2, -0.15) is 0 Å². The van der Waals surface area contributed by atoms with Crippen LogP contribution in [-0.4, -0.2) is 9.97 Å². The van der Waals surface area contributed by atoms with Gasteiger partial charge in [-0.15, -0.1) is 0 Å². The summed E-state index contributed by atoms with van der Waals surface area (Å²) in [4.78, 5) is 8.93. The number of rotatable bonds is 4. The number of anilines is 2. The van der Waals surface area contributed by atoms with Gasteiger partial charge < -0.3 is 5.32 Å². The van der Waals surface area contributed by atoms with Gasteiger partial charge in [-0.25, -0.2) is 9.97 Å². The Morgan fingerprint density at radius 1 is 1.00 bits per heavy atom. The van der Waals surface area contributed by atoms with Crippen molar-refractivity contribution in [1.29, 1.82) is 0 Å². The minimum atomic E-state index is 0.875. The quantitative estimate of drug-likeness (QED) is 0.739. The number of aryl methyl sites for hydroxylation is 2. The van der Waals surface area contributed by atoms with Crippen LogP contribution in [0.15, 0.2) is 42.7 Å². The van der Waals surface area contributed by atoms with Crippen LogP contribution in [0.4, 0.5) is 11.5 Å². The number of hydrogen-bond donors (Lipinski definition) is 1. The van der Waals surface area contributed by atoms with Gasteiger partial charge in [-0.05, 0) is 55.2 Å². The molecule has 0 radical (unpaired) electrons. The van der Waals surface area contributed by atoms with Crippen molar-refractivity contribution in [1.82, 2.24) is 9.97 Å². The third-order valence-electron chi connectivity index (χ3n) is 4.16. The third-order valence-corrected chi connectivity index (χ3v) is 4.16. The van der Waals surface area contributed by atoms with E-state index in [1.807, 2.05) is 30.3 Å². The van der Waals surface area contributed by atoms with E-state index in [9.17, 15) is 0 Å². The van der Waals surface area contributed by atoms with E-state index in [0.29, 0.717) is 0 Å². The van der Waals surface area contributed by atoms with Crippen LogP contribution in [0.1, 0.15) is 30.0 Å². The number of para-hydroxylation sites is 1. The SMILES string of the molecule is CCCc1cc2ncnc(Nc3ccccc3)c2c(C)c1C. The summed E-state index contributed by atoms with van der Waals surface area (Å²) in [5.41, 5.74) is 6.05. The summed E-state index contributed by atoms with van der Waals surface area (Å²) in [6.45, 7) is 6.57. The minimum absolute atomic E-state index is 0.875. The fourth-order valence-electron chi connectivity index (χ4n) is 2.86. The first-order chi connectivity index (χ1) is 10.7. The molecule has 0 atom stereocenters. The zero-order chi connectivity index (χ0) is 15.5. The van der Waals surface area contributed by atoms with Crippen LogP contribution in [0, 0.1) is 13.8 Å². The van der Waals surface area contributed by atoms with Crippen molar-refractivity contribution in [2.75, 3.05) is 5.32 Å². The molecule has 1 heterocycles. The fraction of sp³-hybridized carbons (Fsp3) is 0.263. The summed E-state index contributed by atoms with van der Waals surface area (Å²) in [6.07, 6.45) is 3.87. The second-order valence-electron chi connectivity index (χ2n) is 5.64. The first-order valence-electron chi connectivity index (χ1n) is 7.76. The Labute approximate surface area is 131 Å². The first kappa shape index (κ1) is 14.5. The van der Waals surface area contributed by atoms with Gasteiger partial charge in [0.25, 0.3) is 0 Å². The molecule has 0 aliphatic rings. The molecule has 0 unspecified atom stereocenters. The van der Waals surface area contributed by atoms with Gasteiger partial charge in [0.1, 0.15) is 12.1 Å². The standard InChI is InChI=1S/C19H21N3/c1-4-8-15-11-17-18(14(3)13(15)2)19(21-12-20-17)22-16-9-6-5-7-10-16/h5-7,9-12H,4,8H2,1-3H3,(H,20,21,22). The van der Waals surface area contributed by atoms with Crippen molar-refractivity contribution < 1.29 is 0 Å². The summed E-state index contributed by atoms with van der Waals surface area (Å²) in [7, 11) is 0. The second kappa shape index (κ2) is 6.14. The average Bonchev–Trinajstić information content (AvgIpc) is 2.53. The van der Waals surface area contributed by atoms with Gasteiger partial charge in [0.05, 0.1) is 5.52 Å². The predicted octanol–water partition coefficient (Wildman–Crippen LogP) is 4.94. The van der Waals surface area contributed by atoms with E-state index >= 15 is 0 Å². The zero-order valence-corrected chi connectivity index (χ0v) is 13.4. The maximum atomic E-state index is 4.48. The van der Waals surface area contributed by atoms with Gasteiger partial charge >= 0.3 is 0 Å². The molecule has 22 heavy (non-hydrogen) atoms. The van der Waals surface area contributed by atoms with Crippen LogP contribution in [-0.2, 0) is 6.42 Å². The number of aromatic nitrogens is 2. The Hall–Kier alpha value is -2.42. The van der Waals surface area contributed by atoms with E-state index in [-0.39, 0.29) is 0 Å². The highest BCUT2D eigenvalue weighted by molar-refractivity contribution is 5.94. The molecule has 0 spiro atoms. The molecule has 0 bridgehead atoms. The van der Waals surface area contributed by atoms with Crippen molar-refractivity contribution in [2.45, 2.75) is 33.6 Å². The van der Waals surface area contributed by atoms with Gasteiger partial charge in [0, 0.05) is 11.1 Å². The number of nitrogens with one attached hydrogen (secondary N) is 1. The molecule has 1 N–H and O–H groups in total. The monoisotopic (exact) mass is 291 g/mol. The van der Waals surface area contributed by atoms with Crippen LogP contribution >= 0.6 is 0 Å². The van der Waals surface area contributed by atoms with E-state index in [4.69, 9.17) is 0 Å². The number of nitrogens with zero attached hydrogens (tertiary/aromatic N) is 2. The highest BCUT2D eigenvalue weighted by Crippen LogP contribution is 2.30. The molecular weight excluding hydrogens is 270 g/mol. The Morgan fingerprint density at radius 3 is 2.50 bits per heavy atom. The van der Waals surface area contributed by atoms with E-state index in [1.165, 1.54) is 16.7 Å². The van der Waals surface area contributed by atoms with Gasteiger partial charge in [0.2, 0.25) is 0 Å². The molecule has 0 amide bonds. The molecule has 0 fully saturated rings.